The molecule has 110 valence electrons. The van der Waals surface area contributed by atoms with Crippen LogP contribution < -0.4 is 4.90 Å². The zero-order chi connectivity index (χ0) is 15.0. The molecule has 0 aliphatic carbocycles. The molecule has 3 rings (SSSR count). The van der Waals surface area contributed by atoms with E-state index in [4.69, 9.17) is 0 Å². The standard InChI is InChI=1S/C16H18N2O2S/c1-3-12-14(16(19)20)21-15(17-12)11-6-7-13-10(9-11)5-4-8-18(13)2/h6-7,9H,3-5,8H2,1-2H3,(H,19,20). The summed E-state index contributed by atoms with van der Waals surface area (Å²) in [4.78, 5) is 18.4. The molecule has 0 saturated carbocycles. The van der Waals surface area contributed by atoms with Gasteiger partial charge in [-0.25, -0.2) is 9.78 Å². The van der Waals surface area contributed by atoms with Crippen molar-refractivity contribution in [1.82, 2.24) is 4.98 Å². The second kappa shape index (κ2) is 5.48. The summed E-state index contributed by atoms with van der Waals surface area (Å²) in [6.07, 6.45) is 2.88. The van der Waals surface area contributed by atoms with Gasteiger partial charge in [0.1, 0.15) is 9.88 Å². The average molecular weight is 302 g/mol. The number of carboxylic acids is 1. The van der Waals surface area contributed by atoms with Crippen LogP contribution in [0.2, 0.25) is 0 Å². The Kier molecular flexibility index (Phi) is 3.68. The Bertz CT molecular complexity index is 694. The smallest absolute Gasteiger partial charge is 0.347 e. The Balaban J connectivity index is 2.03. The van der Waals surface area contributed by atoms with Crippen LogP contribution in [0, 0.1) is 0 Å². The van der Waals surface area contributed by atoms with Crippen molar-refractivity contribution in [3.05, 3.63) is 34.3 Å². The third-order valence-corrected chi connectivity index (χ3v) is 5.04. The number of anilines is 1. The Morgan fingerprint density at radius 2 is 2.29 bits per heavy atom. The second-order valence-corrected chi connectivity index (χ2v) is 6.32. The first-order valence-electron chi connectivity index (χ1n) is 7.17. The minimum atomic E-state index is -0.881. The number of nitrogens with zero attached hydrogens (tertiary/aromatic N) is 2. The first-order valence-corrected chi connectivity index (χ1v) is 7.99. The number of thiazole rings is 1. The van der Waals surface area contributed by atoms with E-state index in [-0.39, 0.29) is 0 Å². The van der Waals surface area contributed by atoms with Gasteiger partial charge in [0.2, 0.25) is 0 Å². The van der Waals surface area contributed by atoms with Gasteiger partial charge in [-0.1, -0.05) is 6.92 Å². The van der Waals surface area contributed by atoms with Crippen LogP contribution in [0.15, 0.2) is 18.2 Å². The number of hydrogen-bond donors (Lipinski definition) is 1. The summed E-state index contributed by atoms with van der Waals surface area (Å²) >= 11 is 1.27. The molecule has 0 radical (unpaired) electrons. The second-order valence-electron chi connectivity index (χ2n) is 5.32. The molecule has 0 saturated heterocycles. The largest absolute Gasteiger partial charge is 0.477 e. The molecule has 0 bridgehead atoms. The van der Waals surface area contributed by atoms with E-state index in [2.05, 4.69) is 29.1 Å². The monoisotopic (exact) mass is 302 g/mol. The summed E-state index contributed by atoms with van der Waals surface area (Å²) in [6, 6.07) is 6.33. The summed E-state index contributed by atoms with van der Waals surface area (Å²) in [6.45, 7) is 3.03. The molecule has 21 heavy (non-hydrogen) atoms. The maximum absolute atomic E-state index is 11.3. The van der Waals surface area contributed by atoms with Gasteiger partial charge in [-0.05, 0) is 43.0 Å². The van der Waals surface area contributed by atoms with Crippen molar-refractivity contribution < 1.29 is 9.90 Å². The first kappa shape index (κ1) is 14.1. The first-order chi connectivity index (χ1) is 10.1. The summed E-state index contributed by atoms with van der Waals surface area (Å²) in [7, 11) is 2.11. The summed E-state index contributed by atoms with van der Waals surface area (Å²) in [5.41, 5.74) is 4.30. The van der Waals surface area contributed by atoms with E-state index in [1.807, 2.05) is 13.0 Å². The van der Waals surface area contributed by atoms with Crippen LogP contribution in [0.3, 0.4) is 0 Å². The number of carboxylic acid groups (broad SMARTS) is 1. The number of aromatic carboxylic acids is 1. The zero-order valence-corrected chi connectivity index (χ0v) is 13.0. The van der Waals surface area contributed by atoms with Crippen LogP contribution in [-0.4, -0.2) is 29.7 Å². The van der Waals surface area contributed by atoms with E-state index in [0.717, 1.165) is 30.0 Å². The molecule has 0 amide bonds. The minimum absolute atomic E-state index is 0.363. The van der Waals surface area contributed by atoms with Crippen molar-refractivity contribution in [3.63, 3.8) is 0 Å². The van der Waals surface area contributed by atoms with Crippen LogP contribution in [0.5, 0.6) is 0 Å². The van der Waals surface area contributed by atoms with Gasteiger partial charge in [-0.2, -0.15) is 0 Å². The van der Waals surface area contributed by atoms with Gasteiger partial charge in [-0.3, -0.25) is 0 Å². The quantitative estimate of drug-likeness (QED) is 0.943. The third kappa shape index (κ3) is 2.53. The summed E-state index contributed by atoms with van der Waals surface area (Å²) in [5, 5.41) is 10.1. The number of fused-ring (bicyclic) bond motifs is 1. The molecule has 2 heterocycles. The van der Waals surface area contributed by atoms with Gasteiger partial charge in [0.25, 0.3) is 0 Å². The highest BCUT2D eigenvalue weighted by molar-refractivity contribution is 7.17. The van der Waals surface area contributed by atoms with Crippen molar-refractivity contribution in [1.29, 1.82) is 0 Å². The topological polar surface area (TPSA) is 53.4 Å². The number of hydrogen-bond acceptors (Lipinski definition) is 4. The molecule has 1 aromatic heterocycles. The highest BCUT2D eigenvalue weighted by atomic mass is 32.1. The van der Waals surface area contributed by atoms with Crippen molar-refractivity contribution in [2.75, 3.05) is 18.5 Å². The molecular weight excluding hydrogens is 284 g/mol. The molecule has 0 spiro atoms. The lowest BCUT2D eigenvalue weighted by Gasteiger charge is -2.27. The van der Waals surface area contributed by atoms with Crippen LogP contribution in [0.25, 0.3) is 10.6 Å². The Morgan fingerprint density at radius 3 is 2.95 bits per heavy atom. The molecule has 4 nitrogen and oxygen atoms in total. The van der Waals surface area contributed by atoms with Gasteiger partial charge in [0, 0.05) is 24.8 Å². The Labute approximate surface area is 128 Å². The molecule has 2 aromatic rings. The number of aromatic nitrogens is 1. The van der Waals surface area contributed by atoms with E-state index in [1.54, 1.807) is 0 Å². The fourth-order valence-corrected chi connectivity index (χ4v) is 3.79. The molecular formula is C16H18N2O2S. The van der Waals surface area contributed by atoms with Crippen molar-refractivity contribution in [3.8, 4) is 10.6 Å². The summed E-state index contributed by atoms with van der Waals surface area (Å²) < 4.78 is 0. The molecule has 0 fully saturated rings. The SMILES string of the molecule is CCc1nc(-c2ccc3c(c2)CCCN3C)sc1C(=O)O. The minimum Gasteiger partial charge on any atom is -0.477 e. The van der Waals surface area contributed by atoms with Gasteiger partial charge < -0.3 is 10.0 Å². The third-order valence-electron chi connectivity index (χ3n) is 3.90. The maximum Gasteiger partial charge on any atom is 0.347 e. The van der Waals surface area contributed by atoms with Crippen molar-refractivity contribution in [2.45, 2.75) is 26.2 Å². The molecule has 5 heteroatoms. The van der Waals surface area contributed by atoms with E-state index in [0.29, 0.717) is 17.0 Å². The predicted octanol–water partition coefficient (Wildman–Crippen LogP) is 3.45. The molecule has 0 atom stereocenters. The van der Waals surface area contributed by atoms with Gasteiger partial charge in [0.05, 0.1) is 5.69 Å². The number of carbonyl (C=O) groups is 1. The molecule has 0 unspecified atom stereocenters. The van der Waals surface area contributed by atoms with Gasteiger partial charge in [-0.15, -0.1) is 11.3 Å². The average Bonchev–Trinajstić information content (AvgIpc) is 2.91. The number of rotatable bonds is 3. The normalized spacial score (nSPS) is 14.1. The lowest BCUT2D eigenvalue weighted by atomic mass is 10.00. The lowest BCUT2D eigenvalue weighted by molar-refractivity contribution is 0.0701. The van der Waals surface area contributed by atoms with Crippen LogP contribution in [-0.2, 0) is 12.8 Å². The summed E-state index contributed by atoms with van der Waals surface area (Å²) in [5.74, 6) is -0.881. The van der Waals surface area contributed by atoms with E-state index in [1.165, 1.54) is 22.6 Å². The van der Waals surface area contributed by atoms with Crippen LogP contribution >= 0.6 is 11.3 Å². The van der Waals surface area contributed by atoms with E-state index >= 15 is 0 Å². The fourth-order valence-electron chi connectivity index (χ4n) is 2.80. The Hall–Kier alpha value is -1.88. The van der Waals surface area contributed by atoms with E-state index < -0.39 is 5.97 Å². The van der Waals surface area contributed by atoms with Crippen LogP contribution in [0.4, 0.5) is 5.69 Å². The molecule has 1 aliphatic heterocycles. The molecule has 1 aliphatic rings. The lowest BCUT2D eigenvalue weighted by Crippen LogP contribution is -2.24. The molecule has 1 N–H and O–H groups in total. The Morgan fingerprint density at radius 1 is 1.48 bits per heavy atom. The predicted molar refractivity (Wildman–Crippen MR) is 85.5 cm³/mol. The van der Waals surface area contributed by atoms with E-state index in [9.17, 15) is 9.90 Å². The van der Waals surface area contributed by atoms with Crippen molar-refractivity contribution in [2.24, 2.45) is 0 Å². The number of benzene rings is 1. The highest BCUT2D eigenvalue weighted by Gasteiger charge is 2.19. The molecule has 1 aromatic carbocycles. The van der Waals surface area contributed by atoms with Crippen LogP contribution in [0.1, 0.15) is 34.3 Å². The van der Waals surface area contributed by atoms with Gasteiger partial charge in [0.15, 0.2) is 0 Å². The highest BCUT2D eigenvalue weighted by Crippen LogP contribution is 2.33. The fraction of sp³-hybridized carbons (Fsp3) is 0.375. The number of aryl methyl sites for hydroxylation is 2. The zero-order valence-electron chi connectivity index (χ0n) is 12.2. The van der Waals surface area contributed by atoms with Gasteiger partial charge >= 0.3 is 5.97 Å². The maximum atomic E-state index is 11.3. The van der Waals surface area contributed by atoms with Crippen molar-refractivity contribution >= 4 is 23.0 Å².